The summed E-state index contributed by atoms with van der Waals surface area (Å²) in [7, 11) is 1.81. The first-order valence-electron chi connectivity index (χ1n) is 11.0. The van der Waals surface area contributed by atoms with E-state index in [0.717, 1.165) is 43.7 Å². The van der Waals surface area contributed by atoms with Gasteiger partial charge in [-0.2, -0.15) is 5.10 Å². The number of nitrogens with one attached hydrogen (secondary N) is 2. The molecular weight excluding hydrogens is 515 g/mol. The van der Waals surface area contributed by atoms with Gasteiger partial charge >= 0.3 is 0 Å². The number of hydrogen-bond donors (Lipinski definition) is 2. The Kier molecular flexibility index (Phi) is 9.16. The molecule has 0 spiro atoms. The molecule has 0 bridgehead atoms. The number of furan rings is 1. The number of aromatic nitrogens is 2. The van der Waals surface area contributed by atoms with E-state index in [2.05, 4.69) is 56.0 Å². The highest BCUT2D eigenvalue weighted by Gasteiger charge is 2.26. The number of rotatable bonds is 8. The van der Waals surface area contributed by atoms with Crippen LogP contribution in [-0.4, -0.2) is 47.3 Å². The number of halogens is 1. The molecule has 0 radical (unpaired) electrons. The van der Waals surface area contributed by atoms with Crippen molar-refractivity contribution in [1.29, 1.82) is 0 Å². The van der Waals surface area contributed by atoms with E-state index in [9.17, 15) is 0 Å². The summed E-state index contributed by atoms with van der Waals surface area (Å²) in [5, 5.41) is 11.3. The molecule has 172 valence electrons. The second kappa shape index (κ2) is 12.1. The van der Waals surface area contributed by atoms with Crippen LogP contribution in [0.15, 0.2) is 64.3 Å². The van der Waals surface area contributed by atoms with Crippen LogP contribution in [0.5, 0.6) is 0 Å². The Bertz CT molecular complexity index is 978. The maximum atomic E-state index is 5.97. The fraction of sp³-hybridized carbons (Fsp3) is 0.417. The number of benzene rings is 1. The van der Waals surface area contributed by atoms with Crippen molar-refractivity contribution in [3.63, 3.8) is 0 Å². The van der Waals surface area contributed by atoms with Crippen LogP contribution in [0.25, 0.3) is 0 Å². The first kappa shape index (κ1) is 24.3. The lowest BCUT2D eigenvalue weighted by Crippen LogP contribution is -2.42. The number of hydrogen-bond acceptors (Lipinski definition) is 4. The zero-order valence-corrected chi connectivity index (χ0v) is 21.2. The van der Waals surface area contributed by atoms with Gasteiger partial charge < -0.3 is 15.1 Å². The molecule has 1 fully saturated rings. The summed E-state index contributed by atoms with van der Waals surface area (Å²) in [6.45, 7) is 6.43. The van der Waals surface area contributed by atoms with Crippen molar-refractivity contribution in [2.45, 2.75) is 38.9 Å². The largest absolute Gasteiger partial charge is 0.465 e. The molecule has 3 aromatic rings. The molecule has 0 saturated carbocycles. The predicted molar refractivity (Wildman–Crippen MR) is 138 cm³/mol. The van der Waals surface area contributed by atoms with Crippen molar-refractivity contribution in [2.75, 3.05) is 26.7 Å². The minimum absolute atomic E-state index is 0. The molecule has 3 heterocycles. The number of guanidine groups is 1. The SMILES string of the molecule is CN=C(NCc1ccccc1Cn1cccn1)NCC(c1ccc(C)o1)N1CCCC1.I. The Morgan fingerprint density at radius 2 is 1.88 bits per heavy atom. The molecule has 4 rings (SSSR count). The van der Waals surface area contributed by atoms with Crippen LogP contribution < -0.4 is 10.6 Å². The minimum atomic E-state index is 0. The summed E-state index contributed by atoms with van der Waals surface area (Å²) in [6.07, 6.45) is 6.29. The lowest BCUT2D eigenvalue weighted by Gasteiger charge is -2.27. The van der Waals surface area contributed by atoms with Gasteiger partial charge in [0.05, 0.1) is 12.6 Å². The molecule has 32 heavy (non-hydrogen) atoms. The molecule has 1 aromatic carbocycles. The van der Waals surface area contributed by atoms with E-state index in [1.165, 1.54) is 24.0 Å². The predicted octanol–water partition coefficient (Wildman–Crippen LogP) is 3.95. The number of aliphatic imine (C=N–C) groups is 1. The van der Waals surface area contributed by atoms with Gasteiger partial charge in [0, 0.05) is 32.5 Å². The Morgan fingerprint density at radius 3 is 2.53 bits per heavy atom. The van der Waals surface area contributed by atoms with Crippen molar-refractivity contribution < 1.29 is 4.42 Å². The van der Waals surface area contributed by atoms with Crippen molar-refractivity contribution in [3.8, 4) is 0 Å². The molecule has 1 aliphatic rings. The van der Waals surface area contributed by atoms with Gasteiger partial charge in [0.15, 0.2) is 5.96 Å². The lowest BCUT2D eigenvalue weighted by atomic mass is 10.1. The second-order valence-corrected chi connectivity index (χ2v) is 7.99. The maximum Gasteiger partial charge on any atom is 0.191 e. The van der Waals surface area contributed by atoms with Crippen molar-refractivity contribution in [2.24, 2.45) is 4.99 Å². The van der Waals surface area contributed by atoms with Gasteiger partial charge in [-0.25, -0.2) is 0 Å². The zero-order valence-electron chi connectivity index (χ0n) is 18.8. The van der Waals surface area contributed by atoms with E-state index >= 15 is 0 Å². The van der Waals surface area contributed by atoms with Crippen LogP contribution in [-0.2, 0) is 13.1 Å². The van der Waals surface area contributed by atoms with Gasteiger partial charge in [-0.05, 0) is 62.2 Å². The Morgan fingerprint density at radius 1 is 1.09 bits per heavy atom. The third-order valence-corrected chi connectivity index (χ3v) is 5.81. The van der Waals surface area contributed by atoms with Crippen molar-refractivity contribution in [3.05, 3.63) is 77.5 Å². The Labute approximate surface area is 207 Å². The van der Waals surface area contributed by atoms with Gasteiger partial charge in [-0.15, -0.1) is 24.0 Å². The number of likely N-dealkylation sites (tertiary alicyclic amines) is 1. The van der Waals surface area contributed by atoms with Gasteiger partial charge in [0.2, 0.25) is 0 Å². The summed E-state index contributed by atoms with van der Waals surface area (Å²) in [6, 6.07) is 14.7. The van der Waals surface area contributed by atoms with Crippen LogP contribution in [0, 0.1) is 6.92 Å². The van der Waals surface area contributed by atoms with Crippen LogP contribution in [0.4, 0.5) is 0 Å². The molecule has 1 aliphatic heterocycles. The molecule has 2 aromatic heterocycles. The average Bonchev–Trinajstić information content (AvgIpc) is 3.55. The van der Waals surface area contributed by atoms with E-state index < -0.39 is 0 Å². The summed E-state index contributed by atoms with van der Waals surface area (Å²) >= 11 is 0. The Balaban J connectivity index is 0.00000289. The van der Waals surface area contributed by atoms with Crippen molar-refractivity contribution in [1.82, 2.24) is 25.3 Å². The molecule has 1 saturated heterocycles. The van der Waals surface area contributed by atoms with E-state index in [4.69, 9.17) is 4.42 Å². The van der Waals surface area contributed by atoms with E-state index in [0.29, 0.717) is 6.54 Å². The minimum Gasteiger partial charge on any atom is -0.465 e. The fourth-order valence-electron chi connectivity index (χ4n) is 4.14. The van der Waals surface area contributed by atoms with E-state index in [1.807, 2.05) is 43.2 Å². The summed E-state index contributed by atoms with van der Waals surface area (Å²) in [5.74, 6) is 2.77. The highest BCUT2D eigenvalue weighted by molar-refractivity contribution is 14.0. The quantitative estimate of drug-likeness (QED) is 0.254. The zero-order chi connectivity index (χ0) is 21.5. The topological polar surface area (TPSA) is 70.6 Å². The molecule has 8 heteroatoms. The number of aryl methyl sites for hydroxylation is 1. The first-order chi connectivity index (χ1) is 15.2. The van der Waals surface area contributed by atoms with Gasteiger partial charge in [-0.1, -0.05) is 24.3 Å². The summed E-state index contributed by atoms with van der Waals surface area (Å²) in [4.78, 5) is 6.93. The second-order valence-electron chi connectivity index (χ2n) is 7.99. The lowest BCUT2D eigenvalue weighted by molar-refractivity contribution is 0.213. The molecular formula is C24H33IN6O. The summed E-state index contributed by atoms with van der Waals surface area (Å²) < 4.78 is 7.91. The number of nitrogens with zero attached hydrogens (tertiary/aromatic N) is 4. The van der Waals surface area contributed by atoms with Gasteiger partial charge in [0.1, 0.15) is 11.5 Å². The maximum absolute atomic E-state index is 5.97. The highest BCUT2D eigenvalue weighted by Crippen LogP contribution is 2.26. The first-order valence-corrected chi connectivity index (χ1v) is 11.0. The monoisotopic (exact) mass is 548 g/mol. The molecule has 2 N–H and O–H groups in total. The van der Waals surface area contributed by atoms with Crippen LogP contribution in [0.1, 0.15) is 41.5 Å². The van der Waals surface area contributed by atoms with Gasteiger partial charge in [0.25, 0.3) is 0 Å². The van der Waals surface area contributed by atoms with Gasteiger partial charge in [-0.3, -0.25) is 14.6 Å². The fourth-order valence-corrected chi connectivity index (χ4v) is 4.14. The summed E-state index contributed by atoms with van der Waals surface area (Å²) in [5.41, 5.74) is 2.48. The molecule has 0 amide bonds. The van der Waals surface area contributed by atoms with E-state index in [1.54, 1.807) is 0 Å². The molecule has 1 unspecified atom stereocenters. The van der Waals surface area contributed by atoms with Crippen molar-refractivity contribution >= 4 is 29.9 Å². The van der Waals surface area contributed by atoms with Crippen LogP contribution >= 0.6 is 24.0 Å². The molecule has 1 atom stereocenters. The molecule has 7 nitrogen and oxygen atoms in total. The average molecular weight is 548 g/mol. The van der Waals surface area contributed by atoms with E-state index in [-0.39, 0.29) is 30.0 Å². The third kappa shape index (κ3) is 6.35. The molecule has 0 aliphatic carbocycles. The third-order valence-electron chi connectivity index (χ3n) is 5.81. The smallest absolute Gasteiger partial charge is 0.191 e. The van der Waals surface area contributed by atoms with Crippen LogP contribution in [0.2, 0.25) is 0 Å². The normalized spacial score (nSPS) is 15.4. The van der Waals surface area contributed by atoms with Crippen LogP contribution in [0.3, 0.4) is 0 Å². The highest BCUT2D eigenvalue weighted by atomic mass is 127. The Hall–Kier alpha value is -2.33. The standard InChI is InChI=1S/C24H32N6O.HI/c1-19-10-11-23(31-19)22(29-13-5-6-14-29)17-27-24(25-2)26-16-20-8-3-4-9-21(20)18-30-15-7-12-28-30;/h3-4,7-12,15,22H,5-6,13-14,16-18H2,1-2H3,(H2,25,26,27);1H.